The Labute approximate surface area is 208 Å². The third kappa shape index (κ3) is 6.04. The summed E-state index contributed by atoms with van der Waals surface area (Å²) in [5, 5.41) is -0.899. The zero-order chi connectivity index (χ0) is 26.7. The van der Waals surface area contributed by atoms with E-state index < -0.39 is 81.7 Å². The normalized spacial score (nSPS) is 18.4. The van der Waals surface area contributed by atoms with Crippen LogP contribution in [0.5, 0.6) is 0 Å². The van der Waals surface area contributed by atoms with Gasteiger partial charge in [0.15, 0.2) is 0 Å². The average molecular weight is 541 g/mol. The molecule has 0 saturated carbocycles. The Morgan fingerprint density at radius 3 is 2.40 bits per heavy atom. The maximum absolute atomic E-state index is 15.2. The molecule has 0 fully saturated rings. The van der Waals surface area contributed by atoms with Gasteiger partial charge in [0.25, 0.3) is 0 Å². The summed E-state index contributed by atoms with van der Waals surface area (Å²) < 4.78 is 81.5. The summed E-state index contributed by atoms with van der Waals surface area (Å²) >= 11 is 11.1. The van der Waals surface area contributed by atoms with E-state index in [0.29, 0.717) is 12.1 Å². The predicted molar refractivity (Wildman–Crippen MR) is 123 cm³/mol. The zero-order valence-corrected chi connectivity index (χ0v) is 20.4. The highest BCUT2D eigenvalue weighted by Gasteiger charge is 2.50. The van der Waals surface area contributed by atoms with Crippen LogP contribution in [0.15, 0.2) is 28.4 Å². The average Bonchev–Trinajstić information content (AvgIpc) is 2.77. The Hall–Kier alpha value is -2.44. The smallest absolute Gasteiger partial charge is 0.418 e. The van der Waals surface area contributed by atoms with Crippen molar-refractivity contribution in [2.45, 2.75) is 38.5 Å². The van der Waals surface area contributed by atoms with E-state index in [2.05, 4.69) is 9.73 Å². The Morgan fingerprint density at radius 2 is 1.91 bits per heavy atom. The Morgan fingerprint density at radius 1 is 1.29 bits per heavy atom. The first-order valence-corrected chi connectivity index (χ1v) is 11.0. The lowest BCUT2D eigenvalue weighted by atomic mass is 9.73. The number of ether oxygens (including phenoxy) is 2. The van der Waals surface area contributed by atoms with E-state index in [-0.39, 0.29) is 17.8 Å². The summed E-state index contributed by atoms with van der Waals surface area (Å²) in [5.74, 6) is -7.93. The van der Waals surface area contributed by atoms with Gasteiger partial charge < -0.3 is 15.2 Å². The van der Waals surface area contributed by atoms with Crippen LogP contribution in [0.1, 0.15) is 37.3 Å². The van der Waals surface area contributed by atoms with E-state index in [1.165, 1.54) is 13.8 Å². The van der Waals surface area contributed by atoms with Crippen LogP contribution in [-0.4, -0.2) is 48.9 Å². The molecule has 1 aliphatic rings. The van der Waals surface area contributed by atoms with E-state index in [1.54, 1.807) is 0 Å². The summed E-state index contributed by atoms with van der Waals surface area (Å²) in [6.07, 6.45) is -6.05. The summed E-state index contributed by atoms with van der Waals surface area (Å²) in [6, 6.07) is 1.32. The molecule has 1 aromatic carbocycles. The van der Waals surface area contributed by atoms with Gasteiger partial charge in [-0.05, 0) is 38.9 Å². The largest absolute Gasteiger partial charge is 0.468 e. The fourth-order valence-corrected chi connectivity index (χ4v) is 4.27. The minimum Gasteiger partial charge on any atom is -0.468 e. The number of methoxy groups -OCH3 is 1. The molecule has 0 bridgehead atoms. The zero-order valence-electron chi connectivity index (χ0n) is 18.8. The highest BCUT2D eigenvalue weighted by atomic mass is 35.5. The van der Waals surface area contributed by atoms with Crippen molar-refractivity contribution in [2.24, 2.45) is 16.6 Å². The number of esters is 2. The molecule has 0 spiro atoms. The number of nitrogens with zero attached hydrogens (tertiary/aromatic N) is 1. The quantitative estimate of drug-likeness (QED) is 0.291. The van der Waals surface area contributed by atoms with Crippen LogP contribution in [-0.2, 0) is 25.2 Å². The Balaban J connectivity index is 3.10. The SMILES string of the molecule is COC(=O)C1C(CF)=NC(C(=S)CCN)=C(C(=O)OC(C)C)C1c1c(F)ccc(Cl)c1C(F)(F)F. The molecule has 35 heavy (non-hydrogen) atoms. The number of allylic oxidation sites excluding steroid dienone is 1. The standard InChI is InChI=1S/C22H22ClF5N2O4S/c1-9(2)34-21(32)17-16(14-11(25)5-4-10(23)18(14)22(26,27)28)15(20(31)33-3)12(8-24)30-19(17)13(35)6-7-29/h4-5,9,15-16H,6-8,29H2,1-3H3. The van der Waals surface area contributed by atoms with E-state index in [1.807, 2.05) is 0 Å². The van der Waals surface area contributed by atoms with Crippen molar-refractivity contribution in [1.29, 1.82) is 0 Å². The minimum absolute atomic E-state index is 0.0419. The number of benzene rings is 1. The van der Waals surface area contributed by atoms with Crippen molar-refractivity contribution in [2.75, 3.05) is 20.3 Å². The van der Waals surface area contributed by atoms with Gasteiger partial charge in [-0.3, -0.25) is 9.79 Å². The predicted octanol–water partition coefficient (Wildman–Crippen LogP) is 4.72. The van der Waals surface area contributed by atoms with E-state index in [4.69, 9.17) is 34.3 Å². The molecule has 0 radical (unpaired) electrons. The van der Waals surface area contributed by atoms with Crippen molar-refractivity contribution in [1.82, 2.24) is 0 Å². The molecule has 0 amide bonds. The molecule has 1 aromatic rings. The number of halogens is 6. The number of alkyl halides is 4. The highest BCUT2D eigenvalue weighted by molar-refractivity contribution is 7.80. The van der Waals surface area contributed by atoms with Crippen molar-refractivity contribution < 1.29 is 41.0 Å². The second kappa shape index (κ2) is 11.5. The van der Waals surface area contributed by atoms with Gasteiger partial charge in [0.1, 0.15) is 18.4 Å². The summed E-state index contributed by atoms with van der Waals surface area (Å²) in [5.41, 5.74) is 1.04. The van der Waals surface area contributed by atoms with Crippen LogP contribution in [0, 0.1) is 11.7 Å². The molecule has 2 rings (SSSR count). The minimum atomic E-state index is -5.22. The van der Waals surface area contributed by atoms with E-state index >= 15 is 4.39 Å². The molecule has 13 heteroatoms. The molecule has 0 aliphatic carbocycles. The van der Waals surface area contributed by atoms with Crippen LogP contribution in [0.4, 0.5) is 22.0 Å². The number of thiocarbonyl (C=S) groups is 1. The van der Waals surface area contributed by atoms with Crippen LogP contribution in [0.3, 0.4) is 0 Å². The monoisotopic (exact) mass is 540 g/mol. The Kier molecular flexibility index (Phi) is 9.49. The van der Waals surface area contributed by atoms with Crippen molar-refractivity contribution >= 4 is 46.3 Å². The number of aliphatic imine (C=N–C) groups is 1. The summed E-state index contributed by atoms with van der Waals surface area (Å²) in [7, 11) is 0.901. The molecular formula is C22H22ClF5N2O4S. The lowest BCUT2D eigenvalue weighted by molar-refractivity contribution is -0.146. The Bertz CT molecular complexity index is 1090. The molecule has 1 heterocycles. The maximum atomic E-state index is 15.2. The number of hydrogen-bond donors (Lipinski definition) is 1. The van der Waals surface area contributed by atoms with Gasteiger partial charge in [0, 0.05) is 16.3 Å². The van der Waals surface area contributed by atoms with Gasteiger partial charge >= 0.3 is 18.1 Å². The number of nitrogens with two attached hydrogens (primary N) is 1. The number of carbonyl (C=O) groups excluding carboxylic acids is 2. The number of hydrogen-bond acceptors (Lipinski definition) is 7. The summed E-state index contributed by atoms with van der Waals surface area (Å²) in [4.78, 5) is 29.8. The van der Waals surface area contributed by atoms with Gasteiger partial charge in [-0.1, -0.05) is 23.8 Å². The molecular weight excluding hydrogens is 519 g/mol. The number of rotatable bonds is 8. The topological polar surface area (TPSA) is 91.0 Å². The van der Waals surface area contributed by atoms with Crippen LogP contribution in [0.2, 0.25) is 5.02 Å². The lowest BCUT2D eigenvalue weighted by Crippen LogP contribution is -2.40. The van der Waals surface area contributed by atoms with Crippen molar-refractivity contribution in [3.8, 4) is 0 Å². The lowest BCUT2D eigenvalue weighted by Gasteiger charge is -2.34. The van der Waals surface area contributed by atoms with E-state index in [9.17, 15) is 27.2 Å². The van der Waals surface area contributed by atoms with Crippen molar-refractivity contribution in [3.05, 3.63) is 45.4 Å². The third-order valence-electron chi connectivity index (χ3n) is 5.04. The first kappa shape index (κ1) is 28.8. The molecule has 1 aliphatic heterocycles. The number of carbonyl (C=O) groups is 2. The molecule has 2 unspecified atom stereocenters. The molecule has 2 atom stereocenters. The van der Waals surface area contributed by atoms with Gasteiger partial charge in [-0.2, -0.15) is 13.2 Å². The van der Waals surface area contributed by atoms with Gasteiger partial charge in [-0.15, -0.1) is 0 Å². The van der Waals surface area contributed by atoms with Gasteiger partial charge in [-0.25, -0.2) is 13.6 Å². The second-order valence-corrected chi connectivity index (χ2v) is 8.61. The molecule has 2 N–H and O–H groups in total. The highest BCUT2D eigenvalue weighted by Crippen LogP contribution is 2.48. The van der Waals surface area contributed by atoms with Crippen LogP contribution in [0.25, 0.3) is 0 Å². The fraction of sp³-hybridized carbons (Fsp3) is 0.455. The van der Waals surface area contributed by atoms with Gasteiger partial charge in [0.2, 0.25) is 0 Å². The molecule has 0 aromatic heterocycles. The molecule has 6 nitrogen and oxygen atoms in total. The maximum Gasteiger partial charge on any atom is 0.418 e. The first-order valence-electron chi connectivity index (χ1n) is 10.2. The third-order valence-corrected chi connectivity index (χ3v) is 5.75. The first-order chi connectivity index (χ1) is 16.3. The van der Waals surface area contributed by atoms with Gasteiger partial charge in [0.05, 0.1) is 40.8 Å². The fourth-order valence-electron chi connectivity index (χ4n) is 3.73. The van der Waals surface area contributed by atoms with Crippen LogP contribution >= 0.6 is 23.8 Å². The van der Waals surface area contributed by atoms with E-state index in [0.717, 1.165) is 7.11 Å². The molecule has 192 valence electrons. The summed E-state index contributed by atoms with van der Waals surface area (Å²) in [6.45, 7) is 1.45. The van der Waals surface area contributed by atoms with Crippen LogP contribution < -0.4 is 5.73 Å². The van der Waals surface area contributed by atoms with Crippen molar-refractivity contribution in [3.63, 3.8) is 0 Å². The molecule has 0 saturated heterocycles. The second-order valence-electron chi connectivity index (χ2n) is 7.71.